The molecule has 4 N–H and O–H groups in total. The minimum atomic E-state index is -0.285. The van der Waals surface area contributed by atoms with Crippen LogP contribution in [-0.2, 0) is 0 Å². The molecule has 2 saturated heterocycles. The van der Waals surface area contributed by atoms with Gasteiger partial charge in [-0.1, -0.05) is 6.42 Å². The third kappa shape index (κ3) is 5.25. The van der Waals surface area contributed by atoms with E-state index in [-0.39, 0.29) is 12.1 Å². The second-order valence-electron chi connectivity index (χ2n) is 5.13. The average Bonchev–Trinajstić information content (AvgIpc) is 2.36. The van der Waals surface area contributed by atoms with Gasteiger partial charge < -0.3 is 21.1 Å². The van der Waals surface area contributed by atoms with E-state index >= 15 is 0 Å². The first kappa shape index (κ1) is 13.9. The molecule has 0 aromatic carbocycles. The zero-order valence-electron chi connectivity index (χ0n) is 10.5. The Kier molecular flexibility index (Phi) is 6.28. The smallest absolute Gasteiger partial charge is 0.0612 e. The number of aliphatic hydroxyl groups is 1. The van der Waals surface area contributed by atoms with Gasteiger partial charge in [0.15, 0.2) is 0 Å². The number of nitrogens with two attached hydrogens (primary N) is 1. The summed E-state index contributed by atoms with van der Waals surface area (Å²) in [5.74, 6) is 0. The highest BCUT2D eigenvalue weighted by molar-refractivity contribution is 4.88. The molecule has 2 heterocycles. The minimum absolute atomic E-state index is 0.126. The Labute approximate surface area is 99.2 Å². The van der Waals surface area contributed by atoms with Gasteiger partial charge in [-0.15, -0.1) is 0 Å². The van der Waals surface area contributed by atoms with Crippen molar-refractivity contribution in [3.63, 3.8) is 0 Å². The van der Waals surface area contributed by atoms with E-state index in [9.17, 15) is 0 Å². The predicted octanol–water partition coefficient (Wildman–Crippen LogP) is 0.162. The van der Waals surface area contributed by atoms with Gasteiger partial charge in [0, 0.05) is 5.54 Å². The third-order valence-electron chi connectivity index (χ3n) is 3.50. The molecule has 0 aromatic heterocycles. The number of hydrogen-bond acceptors (Lipinski definition) is 4. The molecule has 4 heteroatoms. The normalized spacial score (nSPS) is 25.7. The molecule has 0 unspecified atom stereocenters. The first-order valence-electron chi connectivity index (χ1n) is 6.45. The lowest BCUT2D eigenvalue weighted by Gasteiger charge is -2.36. The Bertz CT molecular complexity index is 164. The van der Waals surface area contributed by atoms with Gasteiger partial charge in [0.1, 0.15) is 0 Å². The predicted molar refractivity (Wildman–Crippen MR) is 67.5 cm³/mol. The number of hydrogen-bond donors (Lipinski definition) is 3. The van der Waals surface area contributed by atoms with E-state index < -0.39 is 0 Å². The number of nitrogens with zero attached hydrogens (tertiary/aromatic N) is 1. The van der Waals surface area contributed by atoms with E-state index in [4.69, 9.17) is 10.8 Å². The van der Waals surface area contributed by atoms with Crippen molar-refractivity contribution in [2.45, 2.75) is 37.6 Å². The average molecular weight is 229 g/mol. The lowest BCUT2D eigenvalue weighted by molar-refractivity contribution is 0.119. The van der Waals surface area contributed by atoms with Crippen LogP contribution in [-0.4, -0.2) is 55.4 Å². The van der Waals surface area contributed by atoms with Crippen LogP contribution in [0.4, 0.5) is 0 Å². The van der Waals surface area contributed by atoms with Crippen molar-refractivity contribution in [3.05, 3.63) is 0 Å². The SMILES string of the molecule is C1CCNCC1.CN1CCC(N)(CO)CC1. The van der Waals surface area contributed by atoms with Gasteiger partial charge in [0.05, 0.1) is 6.61 Å². The van der Waals surface area contributed by atoms with E-state index in [1.807, 2.05) is 0 Å². The van der Waals surface area contributed by atoms with Crippen molar-refractivity contribution in [2.24, 2.45) is 5.73 Å². The van der Waals surface area contributed by atoms with E-state index in [0.29, 0.717) is 0 Å². The fraction of sp³-hybridized carbons (Fsp3) is 1.00. The molecule has 96 valence electrons. The molecular formula is C12H27N3O. The second-order valence-corrected chi connectivity index (χ2v) is 5.13. The summed E-state index contributed by atoms with van der Waals surface area (Å²) in [4.78, 5) is 2.24. The van der Waals surface area contributed by atoms with Crippen LogP contribution in [0.15, 0.2) is 0 Å². The number of nitrogens with one attached hydrogen (secondary N) is 1. The van der Waals surface area contributed by atoms with Crippen LogP contribution >= 0.6 is 0 Å². The summed E-state index contributed by atoms with van der Waals surface area (Å²) >= 11 is 0. The molecule has 0 aliphatic carbocycles. The summed E-state index contributed by atoms with van der Waals surface area (Å²) in [6.45, 7) is 4.65. The maximum Gasteiger partial charge on any atom is 0.0612 e. The van der Waals surface area contributed by atoms with E-state index in [0.717, 1.165) is 25.9 Å². The molecule has 0 saturated carbocycles. The van der Waals surface area contributed by atoms with Crippen molar-refractivity contribution < 1.29 is 5.11 Å². The van der Waals surface area contributed by atoms with Crippen LogP contribution in [0.2, 0.25) is 0 Å². The molecule has 2 fully saturated rings. The lowest BCUT2D eigenvalue weighted by atomic mass is 9.90. The first-order chi connectivity index (χ1) is 7.66. The van der Waals surface area contributed by atoms with Crippen LogP contribution in [0, 0.1) is 0 Å². The van der Waals surface area contributed by atoms with Crippen LogP contribution < -0.4 is 11.1 Å². The molecule has 0 spiro atoms. The highest BCUT2D eigenvalue weighted by Crippen LogP contribution is 2.17. The van der Waals surface area contributed by atoms with Crippen molar-refractivity contribution >= 4 is 0 Å². The van der Waals surface area contributed by atoms with Gasteiger partial charge >= 0.3 is 0 Å². The van der Waals surface area contributed by atoms with Crippen LogP contribution in [0.5, 0.6) is 0 Å². The van der Waals surface area contributed by atoms with Gasteiger partial charge in [0.25, 0.3) is 0 Å². The Morgan fingerprint density at radius 2 is 1.75 bits per heavy atom. The fourth-order valence-corrected chi connectivity index (χ4v) is 2.02. The largest absolute Gasteiger partial charge is 0.394 e. The molecule has 0 radical (unpaired) electrons. The van der Waals surface area contributed by atoms with Crippen LogP contribution in [0.25, 0.3) is 0 Å². The minimum Gasteiger partial charge on any atom is -0.394 e. The first-order valence-corrected chi connectivity index (χ1v) is 6.45. The molecule has 0 bridgehead atoms. The number of likely N-dealkylation sites (tertiary alicyclic amines) is 1. The Hall–Kier alpha value is -0.160. The van der Waals surface area contributed by atoms with Crippen molar-refractivity contribution in [3.8, 4) is 0 Å². The van der Waals surface area contributed by atoms with Gasteiger partial charge in [-0.2, -0.15) is 0 Å². The molecule has 0 amide bonds. The fourth-order valence-electron chi connectivity index (χ4n) is 2.02. The standard InChI is InChI=1S/C7H16N2O.C5H11N/c1-9-4-2-7(8,6-10)3-5-9;1-2-4-6-5-3-1/h10H,2-6,8H2,1H3;6H,1-5H2. The summed E-state index contributed by atoms with van der Waals surface area (Å²) in [6.07, 6.45) is 6.05. The number of rotatable bonds is 1. The van der Waals surface area contributed by atoms with E-state index in [1.165, 1.54) is 32.4 Å². The summed E-state index contributed by atoms with van der Waals surface area (Å²) in [5.41, 5.74) is 5.56. The number of aliphatic hydroxyl groups excluding tert-OH is 1. The van der Waals surface area contributed by atoms with E-state index in [1.54, 1.807) is 0 Å². The Balaban J connectivity index is 0.000000181. The van der Waals surface area contributed by atoms with Crippen LogP contribution in [0.1, 0.15) is 32.1 Å². The molecule has 0 atom stereocenters. The molecule has 0 aromatic rings. The second kappa shape index (κ2) is 7.22. The van der Waals surface area contributed by atoms with E-state index in [2.05, 4.69) is 17.3 Å². The summed E-state index contributed by atoms with van der Waals surface area (Å²) in [7, 11) is 2.08. The number of piperidine rings is 2. The zero-order chi connectivity index (χ0) is 11.9. The molecule has 2 rings (SSSR count). The van der Waals surface area contributed by atoms with Crippen molar-refractivity contribution in [2.75, 3.05) is 39.8 Å². The van der Waals surface area contributed by atoms with Gasteiger partial charge in [-0.3, -0.25) is 0 Å². The lowest BCUT2D eigenvalue weighted by Crippen LogP contribution is -2.51. The zero-order valence-corrected chi connectivity index (χ0v) is 10.5. The summed E-state index contributed by atoms with van der Waals surface area (Å²) < 4.78 is 0. The molecule has 2 aliphatic heterocycles. The highest BCUT2D eigenvalue weighted by atomic mass is 16.3. The quantitative estimate of drug-likeness (QED) is 0.599. The summed E-state index contributed by atoms with van der Waals surface area (Å²) in [6, 6.07) is 0. The van der Waals surface area contributed by atoms with Crippen molar-refractivity contribution in [1.82, 2.24) is 10.2 Å². The molecule has 4 nitrogen and oxygen atoms in total. The summed E-state index contributed by atoms with van der Waals surface area (Å²) in [5, 5.41) is 12.2. The van der Waals surface area contributed by atoms with Gasteiger partial charge in [0.2, 0.25) is 0 Å². The van der Waals surface area contributed by atoms with Gasteiger partial charge in [-0.05, 0) is 58.9 Å². The van der Waals surface area contributed by atoms with Gasteiger partial charge in [-0.25, -0.2) is 0 Å². The Morgan fingerprint density at radius 3 is 2.06 bits per heavy atom. The molecule has 2 aliphatic rings. The molecular weight excluding hydrogens is 202 g/mol. The maximum atomic E-state index is 8.89. The third-order valence-corrected chi connectivity index (χ3v) is 3.50. The monoisotopic (exact) mass is 229 g/mol. The van der Waals surface area contributed by atoms with Crippen molar-refractivity contribution in [1.29, 1.82) is 0 Å². The van der Waals surface area contributed by atoms with Crippen LogP contribution in [0.3, 0.4) is 0 Å². The maximum absolute atomic E-state index is 8.89. The Morgan fingerprint density at radius 1 is 1.19 bits per heavy atom. The topological polar surface area (TPSA) is 61.5 Å². The molecule has 16 heavy (non-hydrogen) atoms. The highest BCUT2D eigenvalue weighted by Gasteiger charge is 2.28.